The van der Waals surface area contributed by atoms with Gasteiger partial charge in [0.25, 0.3) is 0 Å². The van der Waals surface area contributed by atoms with Gasteiger partial charge in [0, 0.05) is 33.0 Å². The van der Waals surface area contributed by atoms with E-state index in [4.69, 9.17) is 0 Å². The summed E-state index contributed by atoms with van der Waals surface area (Å²) in [6, 6.07) is 64.5. The Kier molecular flexibility index (Phi) is 7.48. The van der Waals surface area contributed by atoms with Crippen molar-refractivity contribution >= 4 is 34.1 Å². The molecule has 2 aliphatic carbocycles. The molecule has 0 spiro atoms. The Balaban J connectivity index is 1.06. The Morgan fingerprint density at radius 1 is 0.258 bits per heavy atom. The SMILES string of the molecule is CC1(C)c2ccccc2-c2ccc(N3c4ccc(-c5ccc6c(c5)C(C)(C)c5ccccc5N6c5ccccc5)cc4C(C)(C)c4cc5c(cc43)C(C)(C)c3ccccc3-5)cc21. The van der Waals surface area contributed by atoms with E-state index in [1.807, 2.05) is 0 Å². The average Bonchev–Trinajstić information content (AvgIpc) is 3.65. The molecule has 0 bridgehead atoms. The first kappa shape index (κ1) is 37.1. The summed E-state index contributed by atoms with van der Waals surface area (Å²) in [5.41, 5.74) is 25.5. The molecule has 0 N–H and O–H groups in total. The predicted octanol–water partition coefficient (Wildman–Crippen LogP) is 16.2. The van der Waals surface area contributed by atoms with Crippen LogP contribution in [0.15, 0.2) is 170 Å². The van der Waals surface area contributed by atoms with Crippen molar-refractivity contribution in [1.29, 1.82) is 0 Å². The fraction of sp³-hybridized carbons (Fsp3) is 0.200. The van der Waals surface area contributed by atoms with E-state index < -0.39 is 0 Å². The molecule has 4 aliphatic rings. The van der Waals surface area contributed by atoms with E-state index in [9.17, 15) is 0 Å². The molecule has 0 fully saturated rings. The fourth-order valence-corrected chi connectivity index (χ4v) is 12.0. The molecule has 2 aliphatic heterocycles. The monoisotopic (exact) mass is 800 g/mol. The predicted molar refractivity (Wildman–Crippen MR) is 261 cm³/mol. The first-order valence-corrected chi connectivity index (χ1v) is 22.4. The van der Waals surface area contributed by atoms with Crippen LogP contribution in [0.3, 0.4) is 0 Å². The van der Waals surface area contributed by atoms with Gasteiger partial charge in [0.15, 0.2) is 0 Å². The molecule has 0 unspecified atom stereocenters. The Hall–Kier alpha value is -6.64. The molecule has 12 rings (SSSR count). The Labute approximate surface area is 367 Å². The molecule has 8 aromatic carbocycles. The van der Waals surface area contributed by atoms with E-state index >= 15 is 0 Å². The second kappa shape index (κ2) is 12.5. The summed E-state index contributed by atoms with van der Waals surface area (Å²) >= 11 is 0. The second-order valence-electron chi connectivity index (χ2n) is 20.2. The number of hydrogen-bond donors (Lipinski definition) is 0. The van der Waals surface area contributed by atoms with E-state index in [1.165, 1.54) is 112 Å². The normalized spacial score (nSPS) is 17.2. The van der Waals surface area contributed by atoms with Gasteiger partial charge in [0.1, 0.15) is 0 Å². The van der Waals surface area contributed by atoms with Gasteiger partial charge in [-0.05, 0) is 145 Å². The Morgan fingerprint density at radius 2 is 0.694 bits per heavy atom. The lowest BCUT2D eigenvalue weighted by atomic mass is 9.70. The van der Waals surface area contributed by atoms with Crippen LogP contribution < -0.4 is 9.80 Å². The van der Waals surface area contributed by atoms with Crippen LogP contribution in [-0.4, -0.2) is 0 Å². The molecule has 8 aromatic rings. The zero-order chi connectivity index (χ0) is 42.5. The first-order valence-electron chi connectivity index (χ1n) is 22.4. The third kappa shape index (κ3) is 4.87. The molecule has 0 radical (unpaired) electrons. The van der Waals surface area contributed by atoms with Gasteiger partial charge in [-0.1, -0.05) is 159 Å². The summed E-state index contributed by atoms with van der Waals surface area (Å²) in [6.45, 7) is 19.2. The minimum atomic E-state index is -0.281. The molecule has 0 atom stereocenters. The molecule has 2 heterocycles. The lowest BCUT2D eigenvalue weighted by molar-refractivity contribution is 0.627. The lowest BCUT2D eigenvalue weighted by Crippen LogP contribution is -2.31. The van der Waals surface area contributed by atoms with Crippen molar-refractivity contribution in [2.24, 2.45) is 0 Å². The van der Waals surface area contributed by atoms with Crippen molar-refractivity contribution in [3.8, 4) is 33.4 Å². The van der Waals surface area contributed by atoms with Gasteiger partial charge >= 0.3 is 0 Å². The molecule has 302 valence electrons. The molecular formula is C60H52N2. The standard InChI is InChI=1S/C60H52N2/c1-57(2)45-22-14-12-20-41(45)43-29-28-40(34-48(43)57)62-55-31-27-38(33-51(55)60(7,8)52-35-44-42-21-13-15-23-46(42)58(3,4)49(44)36-56(52)62)37-26-30-54-50(32-37)59(5,6)47-24-16-17-25-53(47)61(54)39-18-10-9-11-19-39/h9-36H,1-8H3. The van der Waals surface area contributed by atoms with Crippen LogP contribution in [0.1, 0.15) is 99.9 Å². The Bertz CT molecular complexity index is 3200. The average molecular weight is 801 g/mol. The van der Waals surface area contributed by atoms with E-state index in [2.05, 4.69) is 235 Å². The Morgan fingerprint density at radius 3 is 1.32 bits per heavy atom. The van der Waals surface area contributed by atoms with Crippen molar-refractivity contribution in [3.63, 3.8) is 0 Å². The number of hydrogen-bond acceptors (Lipinski definition) is 2. The summed E-state index contributed by atoms with van der Waals surface area (Å²) in [5, 5.41) is 0. The van der Waals surface area contributed by atoms with Crippen molar-refractivity contribution in [1.82, 2.24) is 0 Å². The van der Waals surface area contributed by atoms with Crippen molar-refractivity contribution in [3.05, 3.63) is 214 Å². The number of para-hydroxylation sites is 2. The zero-order valence-corrected chi connectivity index (χ0v) is 37.1. The third-order valence-electron chi connectivity index (χ3n) is 15.4. The maximum absolute atomic E-state index is 2.59. The maximum Gasteiger partial charge on any atom is 0.0506 e. The largest absolute Gasteiger partial charge is 0.310 e. The quantitative estimate of drug-likeness (QED) is 0.176. The minimum absolute atomic E-state index is 0.106. The van der Waals surface area contributed by atoms with Gasteiger partial charge in [-0.15, -0.1) is 0 Å². The van der Waals surface area contributed by atoms with Crippen LogP contribution in [0.25, 0.3) is 33.4 Å². The third-order valence-corrected chi connectivity index (χ3v) is 15.4. The van der Waals surface area contributed by atoms with Crippen LogP contribution in [-0.2, 0) is 21.7 Å². The number of fused-ring (bicyclic) bond motifs is 10. The molecule has 0 amide bonds. The smallest absolute Gasteiger partial charge is 0.0506 e. The second-order valence-corrected chi connectivity index (χ2v) is 20.2. The summed E-state index contributed by atoms with van der Waals surface area (Å²) in [7, 11) is 0. The minimum Gasteiger partial charge on any atom is -0.310 e. The van der Waals surface area contributed by atoms with Crippen molar-refractivity contribution < 1.29 is 0 Å². The van der Waals surface area contributed by atoms with Gasteiger partial charge in [0.05, 0.1) is 22.7 Å². The van der Waals surface area contributed by atoms with Gasteiger partial charge < -0.3 is 9.80 Å². The van der Waals surface area contributed by atoms with E-state index in [1.54, 1.807) is 0 Å². The number of nitrogens with zero attached hydrogens (tertiary/aromatic N) is 2. The van der Waals surface area contributed by atoms with Crippen molar-refractivity contribution in [2.45, 2.75) is 77.0 Å². The lowest BCUT2D eigenvalue weighted by Gasteiger charge is -2.43. The van der Waals surface area contributed by atoms with Gasteiger partial charge in [-0.2, -0.15) is 0 Å². The number of rotatable bonds is 3. The van der Waals surface area contributed by atoms with Gasteiger partial charge in [-0.3, -0.25) is 0 Å². The first-order chi connectivity index (χ1) is 29.8. The highest BCUT2D eigenvalue weighted by atomic mass is 15.2. The van der Waals surface area contributed by atoms with Crippen LogP contribution in [0.4, 0.5) is 34.1 Å². The summed E-state index contributed by atoms with van der Waals surface area (Å²) in [6.07, 6.45) is 0. The van der Waals surface area contributed by atoms with Gasteiger partial charge in [0.2, 0.25) is 0 Å². The maximum atomic E-state index is 2.59. The van der Waals surface area contributed by atoms with Crippen LogP contribution in [0.2, 0.25) is 0 Å². The fourth-order valence-electron chi connectivity index (χ4n) is 12.0. The van der Waals surface area contributed by atoms with Crippen LogP contribution in [0.5, 0.6) is 0 Å². The van der Waals surface area contributed by atoms with E-state index in [0.29, 0.717) is 0 Å². The number of benzene rings is 8. The highest BCUT2D eigenvalue weighted by Gasteiger charge is 2.44. The molecule has 62 heavy (non-hydrogen) atoms. The van der Waals surface area contributed by atoms with Crippen LogP contribution in [0, 0.1) is 0 Å². The highest BCUT2D eigenvalue weighted by Crippen LogP contribution is 2.60. The van der Waals surface area contributed by atoms with Gasteiger partial charge in [-0.25, -0.2) is 0 Å². The summed E-state index contributed by atoms with van der Waals surface area (Å²) < 4.78 is 0. The topological polar surface area (TPSA) is 6.48 Å². The number of anilines is 6. The molecule has 2 heteroatoms. The summed E-state index contributed by atoms with van der Waals surface area (Å²) in [5.74, 6) is 0. The molecular weight excluding hydrogens is 749 g/mol. The summed E-state index contributed by atoms with van der Waals surface area (Å²) in [4.78, 5) is 5.03. The highest BCUT2D eigenvalue weighted by molar-refractivity contribution is 5.94. The van der Waals surface area contributed by atoms with E-state index in [0.717, 1.165) is 0 Å². The molecule has 0 saturated heterocycles. The zero-order valence-electron chi connectivity index (χ0n) is 37.1. The van der Waals surface area contributed by atoms with Crippen LogP contribution >= 0.6 is 0 Å². The molecule has 0 saturated carbocycles. The molecule has 2 nitrogen and oxygen atoms in total. The molecule has 0 aromatic heterocycles. The van der Waals surface area contributed by atoms with E-state index in [-0.39, 0.29) is 21.7 Å². The van der Waals surface area contributed by atoms with Crippen molar-refractivity contribution in [2.75, 3.05) is 9.80 Å².